The Labute approximate surface area is 87.3 Å². The lowest BCUT2D eigenvalue weighted by Gasteiger charge is -2.29. The van der Waals surface area contributed by atoms with Gasteiger partial charge in [-0.25, -0.2) is 0 Å². The van der Waals surface area contributed by atoms with E-state index >= 15 is 0 Å². The molecule has 0 aromatic heterocycles. The van der Waals surface area contributed by atoms with E-state index in [0.29, 0.717) is 6.42 Å². The second kappa shape index (κ2) is 4.02. The van der Waals surface area contributed by atoms with Crippen molar-refractivity contribution in [1.82, 2.24) is 0 Å². The predicted octanol–water partition coefficient (Wildman–Crippen LogP) is 1.28. The van der Waals surface area contributed by atoms with Crippen LogP contribution in [0, 0.1) is 10.1 Å². The SMILES string of the molecule is NC1C(Br)CC(Br)CC1[N+](=O)[O-]. The van der Waals surface area contributed by atoms with E-state index in [1.807, 2.05) is 0 Å². The fraction of sp³-hybridized carbons (Fsp3) is 1.00. The highest BCUT2D eigenvalue weighted by atomic mass is 79.9. The topological polar surface area (TPSA) is 69.2 Å². The van der Waals surface area contributed by atoms with E-state index in [0.717, 1.165) is 6.42 Å². The number of halogens is 2. The fourth-order valence-electron chi connectivity index (χ4n) is 1.38. The van der Waals surface area contributed by atoms with Crippen LogP contribution in [0.1, 0.15) is 12.8 Å². The summed E-state index contributed by atoms with van der Waals surface area (Å²) in [7, 11) is 0. The quantitative estimate of drug-likeness (QED) is 0.451. The zero-order valence-electron chi connectivity index (χ0n) is 6.32. The highest BCUT2D eigenvalue weighted by molar-refractivity contribution is 9.10. The van der Waals surface area contributed by atoms with Crippen molar-refractivity contribution in [2.24, 2.45) is 5.73 Å². The Morgan fingerprint density at radius 3 is 2.50 bits per heavy atom. The van der Waals surface area contributed by atoms with Crippen molar-refractivity contribution in [1.29, 1.82) is 0 Å². The average Bonchev–Trinajstić information content (AvgIpc) is 1.96. The first-order valence-corrected chi connectivity index (χ1v) is 5.52. The number of nitrogens with two attached hydrogens (primary N) is 1. The van der Waals surface area contributed by atoms with Crippen LogP contribution >= 0.6 is 31.9 Å². The van der Waals surface area contributed by atoms with Crippen molar-refractivity contribution in [2.45, 2.75) is 34.6 Å². The third kappa shape index (κ3) is 2.17. The van der Waals surface area contributed by atoms with Crippen molar-refractivity contribution in [3.63, 3.8) is 0 Å². The Balaban J connectivity index is 2.66. The molecule has 1 saturated carbocycles. The van der Waals surface area contributed by atoms with Crippen LogP contribution < -0.4 is 5.73 Å². The Morgan fingerprint density at radius 2 is 2.00 bits per heavy atom. The minimum Gasteiger partial charge on any atom is -0.321 e. The molecule has 0 spiro atoms. The summed E-state index contributed by atoms with van der Waals surface area (Å²) in [6.07, 6.45) is 1.38. The molecule has 70 valence electrons. The van der Waals surface area contributed by atoms with Crippen molar-refractivity contribution < 1.29 is 4.92 Å². The monoisotopic (exact) mass is 300 g/mol. The summed E-state index contributed by atoms with van der Waals surface area (Å²) in [5.74, 6) is 0. The predicted molar refractivity (Wildman–Crippen MR) is 53.4 cm³/mol. The van der Waals surface area contributed by atoms with Gasteiger partial charge >= 0.3 is 0 Å². The maximum absolute atomic E-state index is 10.5. The van der Waals surface area contributed by atoms with Gasteiger partial charge < -0.3 is 5.73 Å². The third-order valence-electron chi connectivity index (χ3n) is 2.11. The Hall–Kier alpha value is 0.320. The smallest absolute Gasteiger partial charge is 0.230 e. The molecule has 1 rings (SSSR count). The summed E-state index contributed by atoms with van der Waals surface area (Å²) in [5.41, 5.74) is 5.68. The van der Waals surface area contributed by atoms with Gasteiger partial charge in [0.1, 0.15) is 0 Å². The molecule has 6 heteroatoms. The van der Waals surface area contributed by atoms with Crippen molar-refractivity contribution in [2.75, 3.05) is 0 Å². The van der Waals surface area contributed by atoms with Gasteiger partial charge in [0.2, 0.25) is 6.04 Å². The van der Waals surface area contributed by atoms with Crippen molar-refractivity contribution in [3.05, 3.63) is 10.1 Å². The minimum absolute atomic E-state index is 0.0472. The second-order valence-corrected chi connectivity index (χ2v) is 5.49. The van der Waals surface area contributed by atoms with Crippen LogP contribution in [0.2, 0.25) is 0 Å². The Kier molecular flexibility index (Phi) is 3.48. The first kappa shape index (κ1) is 10.4. The van der Waals surface area contributed by atoms with Crippen LogP contribution in [0.3, 0.4) is 0 Å². The van der Waals surface area contributed by atoms with Gasteiger partial charge in [-0.1, -0.05) is 31.9 Å². The first-order valence-electron chi connectivity index (χ1n) is 3.69. The molecule has 4 unspecified atom stereocenters. The minimum atomic E-state index is -0.618. The molecular formula is C6H10Br2N2O2. The van der Waals surface area contributed by atoms with Crippen LogP contribution in [-0.4, -0.2) is 26.7 Å². The summed E-state index contributed by atoms with van der Waals surface area (Å²) in [6, 6.07) is -0.985. The van der Waals surface area contributed by atoms with Gasteiger partial charge in [0.05, 0.1) is 6.04 Å². The molecule has 0 radical (unpaired) electrons. The van der Waals surface area contributed by atoms with Gasteiger partial charge in [0.25, 0.3) is 0 Å². The van der Waals surface area contributed by atoms with Gasteiger partial charge in [-0.05, 0) is 6.42 Å². The highest BCUT2D eigenvalue weighted by Gasteiger charge is 2.40. The number of nitrogens with zero attached hydrogens (tertiary/aromatic N) is 1. The molecular weight excluding hydrogens is 292 g/mol. The molecule has 0 heterocycles. The summed E-state index contributed by atoms with van der Waals surface area (Å²) >= 11 is 6.72. The summed E-state index contributed by atoms with van der Waals surface area (Å²) in [4.78, 5) is 10.5. The van der Waals surface area contributed by atoms with Crippen molar-refractivity contribution in [3.8, 4) is 0 Å². The van der Waals surface area contributed by atoms with E-state index in [1.54, 1.807) is 0 Å². The van der Waals surface area contributed by atoms with E-state index in [-0.39, 0.29) is 20.6 Å². The molecule has 0 aliphatic heterocycles. The third-order valence-corrected chi connectivity index (χ3v) is 3.84. The summed E-state index contributed by atoms with van der Waals surface area (Å²) in [5, 5.41) is 10.5. The summed E-state index contributed by atoms with van der Waals surface area (Å²) in [6.45, 7) is 0. The molecule has 2 N–H and O–H groups in total. The molecule has 1 aliphatic rings. The van der Waals surface area contributed by atoms with Gasteiger partial charge in [-0.3, -0.25) is 10.1 Å². The number of rotatable bonds is 1. The van der Waals surface area contributed by atoms with Crippen molar-refractivity contribution >= 4 is 31.9 Å². The molecule has 0 saturated heterocycles. The van der Waals surface area contributed by atoms with E-state index in [1.165, 1.54) is 0 Å². The molecule has 12 heavy (non-hydrogen) atoms. The van der Waals surface area contributed by atoms with E-state index in [2.05, 4.69) is 31.9 Å². The second-order valence-electron chi connectivity index (χ2n) is 3.01. The summed E-state index contributed by atoms with van der Waals surface area (Å²) < 4.78 is 0. The highest BCUT2D eigenvalue weighted by Crippen LogP contribution is 2.29. The first-order chi connectivity index (χ1) is 5.52. The normalized spacial score (nSPS) is 42.6. The average molecular weight is 302 g/mol. The Morgan fingerprint density at radius 1 is 1.42 bits per heavy atom. The molecule has 4 atom stereocenters. The van der Waals surface area contributed by atoms with Crippen LogP contribution in [0.4, 0.5) is 0 Å². The zero-order valence-corrected chi connectivity index (χ0v) is 9.49. The maximum Gasteiger partial charge on any atom is 0.230 e. The lowest BCUT2D eigenvalue weighted by atomic mass is 9.91. The van der Waals surface area contributed by atoms with Gasteiger partial charge in [-0.15, -0.1) is 0 Å². The maximum atomic E-state index is 10.5. The van der Waals surface area contributed by atoms with Crippen LogP contribution in [0.15, 0.2) is 0 Å². The number of hydrogen-bond acceptors (Lipinski definition) is 3. The van der Waals surface area contributed by atoms with Gasteiger partial charge in [-0.2, -0.15) is 0 Å². The molecule has 1 fully saturated rings. The number of alkyl halides is 2. The van der Waals surface area contributed by atoms with Crippen LogP contribution in [0.5, 0.6) is 0 Å². The molecule has 1 aliphatic carbocycles. The van der Waals surface area contributed by atoms with Crippen LogP contribution in [0.25, 0.3) is 0 Å². The van der Waals surface area contributed by atoms with Gasteiger partial charge in [0, 0.05) is 21.0 Å². The van der Waals surface area contributed by atoms with E-state index in [9.17, 15) is 10.1 Å². The zero-order chi connectivity index (χ0) is 9.30. The molecule has 0 bridgehead atoms. The lowest BCUT2D eigenvalue weighted by molar-refractivity contribution is -0.528. The molecule has 4 nitrogen and oxygen atoms in total. The Bertz CT molecular complexity index is 190. The molecule has 0 amide bonds. The largest absolute Gasteiger partial charge is 0.321 e. The van der Waals surface area contributed by atoms with E-state index in [4.69, 9.17) is 5.73 Å². The number of nitro groups is 1. The fourth-order valence-corrected chi connectivity index (χ4v) is 3.48. The number of hydrogen-bond donors (Lipinski definition) is 1. The lowest BCUT2D eigenvalue weighted by Crippen LogP contribution is -2.51. The van der Waals surface area contributed by atoms with Crippen LogP contribution in [-0.2, 0) is 0 Å². The van der Waals surface area contributed by atoms with E-state index < -0.39 is 6.04 Å². The molecule has 0 aromatic carbocycles. The molecule has 0 aromatic rings. The van der Waals surface area contributed by atoms with Gasteiger partial charge in [0.15, 0.2) is 0 Å². The standard InChI is InChI=1S/C6H10Br2N2O2/c7-3-1-4(8)6(9)5(2-3)10(11)12/h3-6H,1-2,9H2.